The predicted octanol–water partition coefficient (Wildman–Crippen LogP) is 5.03. The molecule has 0 fully saturated rings. The largest absolute Gasteiger partial charge is 0.505 e. The Kier molecular flexibility index (Phi) is 8.27. The molecule has 0 spiro atoms. The van der Waals surface area contributed by atoms with Crippen molar-refractivity contribution in [3.8, 4) is 0 Å². The third kappa shape index (κ3) is 5.78. The summed E-state index contributed by atoms with van der Waals surface area (Å²) in [5.74, 6) is -2.70. The first-order chi connectivity index (χ1) is 14.9. The number of carboxylic acid groups (broad SMARTS) is 1. The van der Waals surface area contributed by atoms with Crippen molar-refractivity contribution in [2.45, 2.75) is 79.7 Å². The number of aliphatic hydroxyl groups excluding tert-OH is 1. The number of ketones is 2. The molecule has 3 N–H and O–H groups in total. The van der Waals surface area contributed by atoms with Crippen LogP contribution >= 0.6 is 0 Å². The number of hydrogen-bond acceptors (Lipinski definition) is 5. The summed E-state index contributed by atoms with van der Waals surface area (Å²) in [4.78, 5) is 36.1. The van der Waals surface area contributed by atoms with Crippen LogP contribution in [0.15, 0.2) is 46.4 Å². The minimum Gasteiger partial charge on any atom is -0.505 e. The van der Waals surface area contributed by atoms with Gasteiger partial charge in [0.25, 0.3) is 0 Å². The molecule has 0 bridgehead atoms. The van der Waals surface area contributed by atoms with Crippen LogP contribution in [0.5, 0.6) is 0 Å². The highest BCUT2D eigenvalue weighted by Gasteiger charge is 2.34. The smallest absolute Gasteiger partial charge is 0.326 e. The van der Waals surface area contributed by atoms with Crippen molar-refractivity contribution >= 4 is 17.5 Å². The maximum Gasteiger partial charge on any atom is 0.326 e. The summed E-state index contributed by atoms with van der Waals surface area (Å²) in [6, 6.07) is -0.987. The predicted molar refractivity (Wildman–Crippen MR) is 125 cm³/mol. The number of rotatable bonds is 9. The summed E-state index contributed by atoms with van der Waals surface area (Å²) in [7, 11) is 0. The van der Waals surface area contributed by atoms with E-state index in [2.05, 4.69) is 32.2 Å². The SMILES string of the molecule is CC1=CCC[C@](C)(CC/C(C)=C/CC2=C(O)C(N[C@H](C(=O)O)C(C)C)=CC(=O)C2=O)[C@@H]1C. The second kappa shape index (κ2) is 10.3. The fourth-order valence-corrected chi connectivity index (χ4v) is 4.44. The van der Waals surface area contributed by atoms with Crippen molar-refractivity contribution in [1.29, 1.82) is 0 Å². The molecular formula is C26H37NO5. The van der Waals surface area contributed by atoms with Crippen LogP contribution in [-0.4, -0.2) is 33.8 Å². The van der Waals surface area contributed by atoms with Crippen molar-refractivity contribution in [1.82, 2.24) is 5.32 Å². The molecule has 0 amide bonds. The topological polar surface area (TPSA) is 104 Å². The molecule has 176 valence electrons. The van der Waals surface area contributed by atoms with E-state index >= 15 is 0 Å². The van der Waals surface area contributed by atoms with Gasteiger partial charge in [0.05, 0.1) is 11.3 Å². The average molecular weight is 444 g/mol. The Morgan fingerprint density at radius 2 is 2.00 bits per heavy atom. The lowest BCUT2D eigenvalue weighted by Crippen LogP contribution is -2.42. The zero-order valence-electron chi connectivity index (χ0n) is 20.1. The van der Waals surface area contributed by atoms with Crippen LogP contribution in [0.4, 0.5) is 0 Å². The van der Waals surface area contributed by atoms with Crippen molar-refractivity contribution in [3.63, 3.8) is 0 Å². The van der Waals surface area contributed by atoms with Gasteiger partial charge in [-0.15, -0.1) is 0 Å². The standard InChI is InChI=1S/C26H37NO5/c1-15(2)22(25(31)32)27-20-14-21(28)24(30)19(23(20)29)10-9-16(3)11-13-26(6)12-7-8-17(4)18(26)5/h8-9,14-15,18,22,27,29H,7,10-13H2,1-6H3,(H,31,32)/b16-9+/t18-,22+,26-/m1/s1. The molecule has 2 aliphatic carbocycles. The highest BCUT2D eigenvalue weighted by atomic mass is 16.4. The fourth-order valence-electron chi connectivity index (χ4n) is 4.44. The van der Waals surface area contributed by atoms with Crippen LogP contribution in [-0.2, 0) is 14.4 Å². The van der Waals surface area contributed by atoms with Gasteiger partial charge in [0.2, 0.25) is 11.6 Å². The van der Waals surface area contributed by atoms with Crippen molar-refractivity contribution in [2.24, 2.45) is 17.3 Å². The Bertz CT molecular complexity index is 905. The van der Waals surface area contributed by atoms with E-state index in [0.717, 1.165) is 37.3 Å². The molecule has 3 atom stereocenters. The number of carbonyl (C=O) groups excluding carboxylic acids is 2. The fraction of sp³-hybridized carbons (Fsp3) is 0.577. The van der Waals surface area contributed by atoms with E-state index in [1.54, 1.807) is 13.8 Å². The van der Waals surface area contributed by atoms with E-state index in [4.69, 9.17) is 0 Å². The average Bonchev–Trinajstić information content (AvgIpc) is 2.71. The number of aliphatic carboxylic acids is 1. The van der Waals surface area contributed by atoms with E-state index in [1.165, 1.54) is 5.57 Å². The number of allylic oxidation sites excluding steroid dienone is 6. The van der Waals surface area contributed by atoms with Gasteiger partial charge in [0.15, 0.2) is 0 Å². The van der Waals surface area contributed by atoms with Crippen LogP contribution in [0.1, 0.15) is 73.6 Å². The van der Waals surface area contributed by atoms with Gasteiger partial charge in [-0.1, -0.05) is 51.0 Å². The molecule has 0 heterocycles. The zero-order valence-corrected chi connectivity index (χ0v) is 20.1. The van der Waals surface area contributed by atoms with Gasteiger partial charge < -0.3 is 15.5 Å². The van der Waals surface area contributed by atoms with Crippen molar-refractivity contribution < 1.29 is 24.6 Å². The van der Waals surface area contributed by atoms with Gasteiger partial charge >= 0.3 is 5.97 Å². The van der Waals surface area contributed by atoms with Crippen LogP contribution in [0.25, 0.3) is 0 Å². The molecule has 0 aromatic carbocycles. The number of nitrogens with one attached hydrogen (secondary N) is 1. The van der Waals surface area contributed by atoms with Crippen LogP contribution in [0, 0.1) is 17.3 Å². The second-order valence-corrected chi connectivity index (χ2v) is 9.90. The first-order valence-corrected chi connectivity index (χ1v) is 11.4. The number of carbonyl (C=O) groups is 3. The molecule has 0 saturated heterocycles. The van der Waals surface area contributed by atoms with Crippen LogP contribution < -0.4 is 5.32 Å². The van der Waals surface area contributed by atoms with E-state index < -0.39 is 23.6 Å². The van der Waals surface area contributed by atoms with Gasteiger partial charge in [-0.3, -0.25) is 9.59 Å². The molecule has 6 nitrogen and oxygen atoms in total. The summed E-state index contributed by atoms with van der Waals surface area (Å²) in [6.45, 7) is 12.2. The number of hydrogen-bond donors (Lipinski definition) is 3. The number of carboxylic acids is 1. The van der Waals surface area contributed by atoms with Crippen molar-refractivity contribution in [2.75, 3.05) is 0 Å². The lowest BCUT2D eigenvalue weighted by atomic mass is 9.65. The second-order valence-electron chi connectivity index (χ2n) is 9.90. The molecule has 6 heteroatoms. The van der Waals surface area contributed by atoms with Gasteiger partial charge in [-0.2, -0.15) is 0 Å². The van der Waals surface area contributed by atoms with E-state index in [-0.39, 0.29) is 34.8 Å². The third-order valence-corrected chi connectivity index (χ3v) is 7.21. The summed E-state index contributed by atoms with van der Waals surface area (Å²) >= 11 is 0. The first kappa shape index (κ1) is 25.6. The summed E-state index contributed by atoms with van der Waals surface area (Å²) in [5.41, 5.74) is 2.76. The van der Waals surface area contributed by atoms with E-state index in [0.29, 0.717) is 5.92 Å². The highest BCUT2D eigenvalue weighted by Crippen LogP contribution is 2.45. The summed E-state index contributed by atoms with van der Waals surface area (Å²) < 4.78 is 0. The molecule has 0 unspecified atom stereocenters. The Morgan fingerprint density at radius 3 is 2.59 bits per heavy atom. The molecule has 2 rings (SSSR count). The number of aliphatic hydroxyl groups is 1. The molecule has 0 aliphatic heterocycles. The van der Waals surface area contributed by atoms with Crippen LogP contribution in [0.2, 0.25) is 0 Å². The lowest BCUT2D eigenvalue weighted by molar-refractivity contribution is -0.140. The van der Waals surface area contributed by atoms with E-state index in [1.807, 2.05) is 13.0 Å². The van der Waals surface area contributed by atoms with Crippen LogP contribution in [0.3, 0.4) is 0 Å². The van der Waals surface area contributed by atoms with Gasteiger partial charge in [-0.05, 0) is 63.2 Å². The highest BCUT2D eigenvalue weighted by molar-refractivity contribution is 6.48. The molecule has 0 saturated carbocycles. The Labute approximate surface area is 191 Å². The quantitative estimate of drug-likeness (QED) is 0.262. The maximum absolute atomic E-state index is 12.4. The number of Topliss-reactive ketones (excluding diaryl/α,β-unsaturated/α-hetero) is 1. The summed E-state index contributed by atoms with van der Waals surface area (Å²) in [6.07, 6.45) is 9.48. The lowest BCUT2D eigenvalue weighted by Gasteiger charge is -2.40. The third-order valence-electron chi connectivity index (χ3n) is 7.21. The monoisotopic (exact) mass is 443 g/mol. The molecule has 0 aromatic heterocycles. The Balaban J connectivity index is 2.13. The minimum absolute atomic E-state index is 0.00303. The van der Waals surface area contributed by atoms with Gasteiger partial charge in [-0.25, -0.2) is 4.79 Å². The first-order valence-electron chi connectivity index (χ1n) is 11.4. The Hall–Kier alpha value is -2.63. The molecule has 0 aromatic rings. The van der Waals surface area contributed by atoms with Gasteiger partial charge in [0, 0.05) is 6.08 Å². The Morgan fingerprint density at radius 1 is 1.34 bits per heavy atom. The van der Waals surface area contributed by atoms with E-state index in [9.17, 15) is 24.6 Å². The molecule has 32 heavy (non-hydrogen) atoms. The van der Waals surface area contributed by atoms with Gasteiger partial charge in [0.1, 0.15) is 11.8 Å². The molecular weight excluding hydrogens is 406 g/mol. The maximum atomic E-state index is 12.4. The summed E-state index contributed by atoms with van der Waals surface area (Å²) in [5, 5.41) is 22.7. The minimum atomic E-state index is -1.09. The zero-order chi connectivity index (χ0) is 24.2. The van der Waals surface area contributed by atoms with Crippen molar-refractivity contribution in [3.05, 3.63) is 46.4 Å². The molecule has 0 radical (unpaired) electrons. The normalized spacial score (nSPS) is 25.6. The molecule has 2 aliphatic rings.